The Kier molecular flexibility index (Phi) is 4.46. The van der Waals surface area contributed by atoms with E-state index in [9.17, 15) is 0 Å². The Morgan fingerprint density at radius 3 is 3.00 bits per heavy atom. The largest absolute Gasteiger partial charge is 0.480 e. The van der Waals surface area contributed by atoms with Crippen LogP contribution in [0.3, 0.4) is 0 Å². The number of nitrogens with one attached hydrogen (secondary N) is 1. The number of aryl methyl sites for hydroxylation is 1. The van der Waals surface area contributed by atoms with Crippen molar-refractivity contribution in [3.05, 3.63) is 11.8 Å². The Morgan fingerprint density at radius 2 is 2.36 bits per heavy atom. The van der Waals surface area contributed by atoms with Gasteiger partial charge in [0, 0.05) is 25.4 Å². The summed E-state index contributed by atoms with van der Waals surface area (Å²) in [6.07, 6.45) is 4.41. The first kappa shape index (κ1) is 11.0. The third-order valence-electron chi connectivity index (χ3n) is 2.08. The van der Waals surface area contributed by atoms with Crippen LogP contribution in [0.15, 0.2) is 6.20 Å². The summed E-state index contributed by atoms with van der Waals surface area (Å²) in [6, 6.07) is 0. The molecule has 0 aliphatic carbocycles. The van der Waals surface area contributed by atoms with E-state index in [1.165, 1.54) is 12.8 Å². The molecule has 0 unspecified atom stereocenters. The van der Waals surface area contributed by atoms with Crippen molar-refractivity contribution in [3.8, 4) is 5.88 Å². The van der Waals surface area contributed by atoms with Crippen molar-refractivity contribution in [1.82, 2.24) is 15.1 Å². The summed E-state index contributed by atoms with van der Waals surface area (Å²) in [5.41, 5.74) is 1.12. The molecule has 0 aliphatic rings. The van der Waals surface area contributed by atoms with E-state index in [1.807, 2.05) is 13.2 Å². The zero-order chi connectivity index (χ0) is 10.4. The average Bonchev–Trinajstić information content (AvgIpc) is 2.54. The van der Waals surface area contributed by atoms with Crippen molar-refractivity contribution < 1.29 is 4.74 Å². The second-order valence-electron chi connectivity index (χ2n) is 3.37. The minimum Gasteiger partial charge on any atom is -0.480 e. The number of hydrogen-bond acceptors (Lipinski definition) is 3. The molecule has 0 saturated heterocycles. The Labute approximate surface area is 85.3 Å². The molecule has 1 heterocycles. The molecule has 0 radical (unpaired) electrons. The molecule has 0 fully saturated rings. The second kappa shape index (κ2) is 5.65. The highest BCUT2D eigenvalue weighted by Gasteiger charge is 2.06. The van der Waals surface area contributed by atoms with Gasteiger partial charge in [-0.15, -0.1) is 5.10 Å². The van der Waals surface area contributed by atoms with Gasteiger partial charge < -0.3 is 10.1 Å². The van der Waals surface area contributed by atoms with Gasteiger partial charge in [-0.3, -0.25) is 4.68 Å². The van der Waals surface area contributed by atoms with E-state index < -0.39 is 0 Å². The summed E-state index contributed by atoms with van der Waals surface area (Å²) in [5, 5.41) is 7.54. The maximum atomic E-state index is 5.15. The van der Waals surface area contributed by atoms with Crippen molar-refractivity contribution in [1.29, 1.82) is 0 Å². The number of ether oxygens (including phenoxy) is 1. The Bertz CT molecular complexity index is 270. The molecule has 0 atom stereocenters. The number of aromatic nitrogens is 2. The summed E-state index contributed by atoms with van der Waals surface area (Å²) in [6.45, 7) is 4.07. The van der Waals surface area contributed by atoms with E-state index >= 15 is 0 Å². The van der Waals surface area contributed by atoms with Crippen LogP contribution < -0.4 is 10.1 Å². The third kappa shape index (κ3) is 3.03. The van der Waals surface area contributed by atoms with Gasteiger partial charge in [0.1, 0.15) is 0 Å². The molecule has 0 saturated carbocycles. The van der Waals surface area contributed by atoms with Crippen LogP contribution >= 0.6 is 0 Å². The van der Waals surface area contributed by atoms with E-state index in [1.54, 1.807) is 11.8 Å². The third-order valence-corrected chi connectivity index (χ3v) is 2.08. The van der Waals surface area contributed by atoms with E-state index in [-0.39, 0.29) is 0 Å². The summed E-state index contributed by atoms with van der Waals surface area (Å²) in [5.74, 6) is 0.719. The van der Waals surface area contributed by atoms with Gasteiger partial charge in [0.25, 0.3) is 0 Å². The van der Waals surface area contributed by atoms with Gasteiger partial charge in [-0.2, -0.15) is 0 Å². The normalized spacial score (nSPS) is 10.5. The van der Waals surface area contributed by atoms with Crippen LogP contribution in [-0.4, -0.2) is 23.4 Å². The fraction of sp³-hybridized carbons (Fsp3) is 0.700. The maximum absolute atomic E-state index is 5.15. The molecular weight excluding hydrogens is 178 g/mol. The summed E-state index contributed by atoms with van der Waals surface area (Å²) in [7, 11) is 3.55. The van der Waals surface area contributed by atoms with E-state index in [4.69, 9.17) is 4.74 Å². The minimum absolute atomic E-state index is 0.719. The smallest absolute Gasteiger partial charge is 0.237 e. The molecule has 0 amide bonds. The zero-order valence-corrected chi connectivity index (χ0v) is 9.21. The van der Waals surface area contributed by atoms with Gasteiger partial charge >= 0.3 is 0 Å². The molecular formula is C10H19N3O. The highest BCUT2D eigenvalue weighted by molar-refractivity contribution is 5.22. The zero-order valence-electron chi connectivity index (χ0n) is 9.21. The molecule has 4 heteroatoms. The number of rotatable bonds is 6. The van der Waals surface area contributed by atoms with E-state index in [0.29, 0.717) is 0 Å². The highest BCUT2D eigenvalue weighted by Crippen LogP contribution is 2.13. The van der Waals surface area contributed by atoms with Gasteiger partial charge in [-0.1, -0.05) is 13.3 Å². The van der Waals surface area contributed by atoms with Gasteiger partial charge in [0.15, 0.2) is 0 Å². The number of unbranched alkanes of at least 4 members (excludes halogenated alkanes) is 1. The first-order valence-electron chi connectivity index (χ1n) is 5.05. The lowest BCUT2D eigenvalue weighted by Gasteiger charge is -2.02. The molecule has 1 N–H and O–H groups in total. The van der Waals surface area contributed by atoms with E-state index in [0.717, 1.165) is 24.5 Å². The van der Waals surface area contributed by atoms with Gasteiger partial charge in [-0.05, 0) is 13.0 Å². The molecule has 0 spiro atoms. The van der Waals surface area contributed by atoms with Gasteiger partial charge in [0.2, 0.25) is 5.88 Å². The Hall–Kier alpha value is -1.03. The maximum Gasteiger partial charge on any atom is 0.237 e. The topological polar surface area (TPSA) is 39.1 Å². The highest BCUT2D eigenvalue weighted by atomic mass is 16.5. The second-order valence-corrected chi connectivity index (χ2v) is 3.37. The molecule has 1 aromatic rings. The number of methoxy groups -OCH3 is 1. The first-order valence-corrected chi connectivity index (χ1v) is 5.05. The quantitative estimate of drug-likeness (QED) is 0.699. The fourth-order valence-corrected chi connectivity index (χ4v) is 1.34. The summed E-state index contributed by atoms with van der Waals surface area (Å²) in [4.78, 5) is 0. The standard InChI is InChI=1S/C10H19N3O/c1-4-5-6-11-7-9-8-13(2)12-10(9)14-3/h8,11H,4-7H2,1-3H3. The van der Waals surface area contributed by atoms with Gasteiger partial charge in [-0.25, -0.2) is 0 Å². The van der Waals surface area contributed by atoms with Crippen LogP contribution in [0.1, 0.15) is 25.3 Å². The molecule has 80 valence electrons. The van der Waals surface area contributed by atoms with Crippen LogP contribution in [0.25, 0.3) is 0 Å². The van der Waals surface area contributed by atoms with Crippen LogP contribution in [-0.2, 0) is 13.6 Å². The summed E-state index contributed by atoms with van der Waals surface area (Å²) < 4.78 is 6.92. The molecule has 1 aromatic heterocycles. The SMILES string of the molecule is CCCCNCc1cn(C)nc1OC. The van der Waals surface area contributed by atoms with Crippen molar-refractivity contribution >= 4 is 0 Å². The minimum atomic E-state index is 0.719. The molecule has 0 aliphatic heterocycles. The Balaban J connectivity index is 2.41. The van der Waals surface area contributed by atoms with Crippen LogP contribution in [0, 0.1) is 0 Å². The molecule has 1 rings (SSSR count). The molecule has 0 aromatic carbocycles. The monoisotopic (exact) mass is 197 g/mol. The average molecular weight is 197 g/mol. The van der Waals surface area contributed by atoms with Crippen molar-refractivity contribution in [2.45, 2.75) is 26.3 Å². The van der Waals surface area contributed by atoms with Crippen LogP contribution in [0.5, 0.6) is 5.88 Å². The predicted molar refractivity (Wildman–Crippen MR) is 56.4 cm³/mol. The molecule has 14 heavy (non-hydrogen) atoms. The molecule has 0 bridgehead atoms. The van der Waals surface area contributed by atoms with Crippen molar-refractivity contribution in [2.75, 3.05) is 13.7 Å². The summed E-state index contributed by atoms with van der Waals surface area (Å²) >= 11 is 0. The van der Waals surface area contributed by atoms with Crippen LogP contribution in [0.4, 0.5) is 0 Å². The first-order chi connectivity index (χ1) is 6.77. The number of nitrogens with zero attached hydrogens (tertiary/aromatic N) is 2. The lowest BCUT2D eigenvalue weighted by molar-refractivity contribution is 0.386. The van der Waals surface area contributed by atoms with Crippen molar-refractivity contribution in [3.63, 3.8) is 0 Å². The Morgan fingerprint density at radius 1 is 1.57 bits per heavy atom. The molecule has 4 nitrogen and oxygen atoms in total. The van der Waals surface area contributed by atoms with Crippen molar-refractivity contribution in [2.24, 2.45) is 7.05 Å². The lowest BCUT2D eigenvalue weighted by atomic mass is 10.3. The van der Waals surface area contributed by atoms with E-state index in [2.05, 4.69) is 17.3 Å². The van der Waals surface area contributed by atoms with Crippen LogP contribution in [0.2, 0.25) is 0 Å². The fourth-order valence-electron chi connectivity index (χ4n) is 1.34. The van der Waals surface area contributed by atoms with Gasteiger partial charge in [0.05, 0.1) is 7.11 Å². The lowest BCUT2D eigenvalue weighted by Crippen LogP contribution is -2.14. The number of hydrogen-bond donors (Lipinski definition) is 1. The predicted octanol–water partition coefficient (Wildman–Crippen LogP) is 1.32.